The number of nitrogens with one attached hydrogen (secondary N) is 1. The number of amides is 1. The molecule has 1 saturated heterocycles. The highest BCUT2D eigenvalue weighted by molar-refractivity contribution is 6.02. The zero-order valence-corrected chi connectivity index (χ0v) is 11.6. The van der Waals surface area contributed by atoms with Gasteiger partial charge in [0.05, 0.1) is 24.5 Å². The number of benzene rings is 1. The van der Waals surface area contributed by atoms with Crippen LogP contribution in [0.3, 0.4) is 0 Å². The predicted molar refractivity (Wildman–Crippen MR) is 73.3 cm³/mol. The lowest BCUT2D eigenvalue weighted by atomic mass is 10.1. The van der Waals surface area contributed by atoms with E-state index in [1.165, 1.54) is 13.2 Å². The SMILES string of the molecule is COC(=O)c1ccc(F)cc1NC(=O)C1CCC(CN)O1. The molecule has 2 rings (SSSR count). The molecular weight excluding hydrogens is 279 g/mol. The molecule has 0 aromatic heterocycles. The van der Waals surface area contributed by atoms with Crippen molar-refractivity contribution >= 4 is 17.6 Å². The van der Waals surface area contributed by atoms with E-state index >= 15 is 0 Å². The first kappa shape index (κ1) is 15.4. The molecule has 21 heavy (non-hydrogen) atoms. The minimum atomic E-state index is -0.655. The van der Waals surface area contributed by atoms with Gasteiger partial charge in [0.2, 0.25) is 0 Å². The number of ether oxygens (including phenoxy) is 2. The van der Waals surface area contributed by atoms with Crippen LogP contribution in [-0.4, -0.2) is 37.7 Å². The van der Waals surface area contributed by atoms with Crippen LogP contribution >= 0.6 is 0 Å². The summed E-state index contributed by atoms with van der Waals surface area (Å²) in [6, 6.07) is 3.45. The number of rotatable bonds is 4. The Kier molecular flexibility index (Phi) is 4.87. The zero-order chi connectivity index (χ0) is 15.4. The Labute approximate surface area is 121 Å². The van der Waals surface area contributed by atoms with Crippen LogP contribution in [0.2, 0.25) is 0 Å². The summed E-state index contributed by atoms with van der Waals surface area (Å²) in [5.41, 5.74) is 5.63. The van der Waals surface area contributed by atoms with E-state index in [-0.39, 0.29) is 17.4 Å². The molecule has 1 fully saturated rings. The Hall–Kier alpha value is -1.99. The minimum Gasteiger partial charge on any atom is -0.465 e. The minimum absolute atomic E-state index is 0.0617. The molecule has 3 N–H and O–H groups in total. The molecule has 6 nitrogen and oxygen atoms in total. The van der Waals surface area contributed by atoms with Gasteiger partial charge in [-0.25, -0.2) is 9.18 Å². The van der Waals surface area contributed by atoms with Crippen molar-refractivity contribution in [2.24, 2.45) is 5.73 Å². The molecule has 1 aromatic rings. The van der Waals surface area contributed by atoms with Crippen LogP contribution in [0, 0.1) is 5.82 Å². The third-order valence-corrected chi connectivity index (χ3v) is 3.31. The van der Waals surface area contributed by atoms with Crippen molar-refractivity contribution in [3.05, 3.63) is 29.6 Å². The van der Waals surface area contributed by atoms with Gasteiger partial charge in [-0.05, 0) is 31.0 Å². The van der Waals surface area contributed by atoms with Crippen molar-refractivity contribution in [3.8, 4) is 0 Å². The molecule has 1 amide bonds. The van der Waals surface area contributed by atoms with Crippen molar-refractivity contribution in [2.75, 3.05) is 19.0 Å². The molecule has 1 aliphatic rings. The maximum absolute atomic E-state index is 13.3. The molecule has 0 saturated carbocycles. The van der Waals surface area contributed by atoms with Crippen molar-refractivity contribution < 1.29 is 23.5 Å². The normalized spacial score (nSPS) is 21.1. The molecule has 2 atom stereocenters. The number of halogens is 1. The number of hydrogen-bond acceptors (Lipinski definition) is 5. The third kappa shape index (κ3) is 3.56. The molecule has 0 spiro atoms. The summed E-state index contributed by atoms with van der Waals surface area (Å²) in [4.78, 5) is 23.7. The van der Waals surface area contributed by atoms with Gasteiger partial charge >= 0.3 is 5.97 Å². The van der Waals surface area contributed by atoms with Gasteiger partial charge < -0.3 is 20.5 Å². The van der Waals surface area contributed by atoms with Crippen LogP contribution in [-0.2, 0) is 14.3 Å². The lowest BCUT2D eigenvalue weighted by Gasteiger charge is -2.14. The highest BCUT2D eigenvalue weighted by Crippen LogP contribution is 2.23. The maximum atomic E-state index is 13.3. The molecule has 114 valence electrons. The molecule has 1 heterocycles. The second kappa shape index (κ2) is 6.64. The molecule has 0 radical (unpaired) electrons. The lowest BCUT2D eigenvalue weighted by molar-refractivity contribution is -0.126. The van der Waals surface area contributed by atoms with E-state index in [9.17, 15) is 14.0 Å². The van der Waals surface area contributed by atoms with Crippen molar-refractivity contribution in [3.63, 3.8) is 0 Å². The van der Waals surface area contributed by atoms with Gasteiger partial charge in [0, 0.05) is 6.54 Å². The van der Waals surface area contributed by atoms with Gasteiger partial charge in [0.1, 0.15) is 11.9 Å². The van der Waals surface area contributed by atoms with E-state index in [1.54, 1.807) is 0 Å². The van der Waals surface area contributed by atoms with E-state index in [0.717, 1.165) is 12.1 Å². The topological polar surface area (TPSA) is 90.7 Å². The van der Waals surface area contributed by atoms with Crippen LogP contribution in [0.15, 0.2) is 18.2 Å². The summed E-state index contributed by atoms with van der Waals surface area (Å²) in [7, 11) is 1.21. The number of anilines is 1. The molecule has 0 bridgehead atoms. The molecule has 7 heteroatoms. The summed E-state index contributed by atoms with van der Waals surface area (Å²) in [5.74, 6) is -1.65. The average molecular weight is 296 g/mol. The van der Waals surface area contributed by atoms with Crippen LogP contribution in [0.1, 0.15) is 23.2 Å². The van der Waals surface area contributed by atoms with Crippen molar-refractivity contribution in [2.45, 2.75) is 25.0 Å². The van der Waals surface area contributed by atoms with Gasteiger partial charge in [0.25, 0.3) is 5.91 Å². The standard InChI is InChI=1S/C14H17FN2O4/c1-20-14(19)10-4-2-8(15)6-11(10)17-13(18)12-5-3-9(7-16)21-12/h2,4,6,9,12H,3,5,7,16H2,1H3,(H,17,18). The summed E-state index contributed by atoms with van der Waals surface area (Å²) < 4.78 is 23.4. The van der Waals surface area contributed by atoms with E-state index in [4.69, 9.17) is 10.5 Å². The molecule has 0 aliphatic carbocycles. The predicted octanol–water partition coefficient (Wildman–Crippen LogP) is 1.06. The van der Waals surface area contributed by atoms with Crippen LogP contribution < -0.4 is 11.1 Å². The van der Waals surface area contributed by atoms with E-state index in [0.29, 0.717) is 19.4 Å². The second-order valence-electron chi connectivity index (χ2n) is 4.73. The lowest BCUT2D eigenvalue weighted by Crippen LogP contribution is -2.30. The van der Waals surface area contributed by atoms with Gasteiger partial charge in [-0.1, -0.05) is 0 Å². The van der Waals surface area contributed by atoms with Crippen LogP contribution in [0.5, 0.6) is 0 Å². The van der Waals surface area contributed by atoms with Gasteiger partial charge in [-0.2, -0.15) is 0 Å². The second-order valence-corrected chi connectivity index (χ2v) is 4.73. The fourth-order valence-electron chi connectivity index (χ4n) is 2.19. The number of esters is 1. The van der Waals surface area contributed by atoms with Gasteiger partial charge in [-0.15, -0.1) is 0 Å². The van der Waals surface area contributed by atoms with Crippen LogP contribution in [0.4, 0.5) is 10.1 Å². The van der Waals surface area contributed by atoms with Gasteiger partial charge in [-0.3, -0.25) is 4.79 Å². The van der Waals surface area contributed by atoms with E-state index < -0.39 is 23.8 Å². The average Bonchev–Trinajstić information content (AvgIpc) is 2.95. The quantitative estimate of drug-likeness (QED) is 0.811. The van der Waals surface area contributed by atoms with E-state index in [2.05, 4.69) is 10.1 Å². The first-order valence-electron chi connectivity index (χ1n) is 6.59. The highest BCUT2D eigenvalue weighted by Gasteiger charge is 2.30. The zero-order valence-electron chi connectivity index (χ0n) is 11.6. The Morgan fingerprint density at radius 1 is 1.48 bits per heavy atom. The van der Waals surface area contributed by atoms with Crippen molar-refractivity contribution in [1.29, 1.82) is 0 Å². The molecule has 2 unspecified atom stereocenters. The molecule has 1 aliphatic heterocycles. The summed E-state index contributed by atoms with van der Waals surface area (Å²) >= 11 is 0. The first-order chi connectivity index (χ1) is 10.0. The molecular formula is C14H17FN2O4. The summed E-state index contributed by atoms with van der Waals surface area (Å²) in [6.07, 6.45) is 0.443. The maximum Gasteiger partial charge on any atom is 0.339 e. The number of hydrogen-bond donors (Lipinski definition) is 2. The number of nitrogens with two attached hydrogens (primary N) is 1. The van der Waals surface area contributed by atoms with E-state index in [1.807, 2.05) is 0 Å². The van der Waals surface area contributed by atoms with Gasteiger partial charge in [0.15, 0.2) is 0 Å². The smallest absolute Gasteiger partial charge is 0.339 e. The summed E-state index contributed by atoms with van der Waals surface area (Å²) in [5, 5.41) is 2.51. The number of carbonyl (C=O) groups is 2. The Balaban J connectivity index is 2.13. The first-order valence-corrected chi connectivity index (χ1v) is 6.59. The van der Waals surface area contributed by atoms with Crippen molar-refractivity contribution in [1.82, 2.24) is 0 Å². The Bertz CT molecular complexity index is 550. The fourth-order valence-corrected chi connectivity index (χ4v) is 2.19. The largest absolute Gasteiger partial charge is 0.465 e. The summed E-state index contributed by atoms with van der Waals surface area (Å²) in [6.45, 7) is 0.344. The Morgan fingerprint density at radius 3 is 2.86 bits per heavy atom. The monoisotopic (exact) mass is 296 g/mol. The number of carbonyl (C=O) groups excluding carboxylic acids is 2. The van der Waals surface area contributed by atoms with Crippen LogP contribution in [0.25, 0.3) is 0 Å². The molecule has 1 aromatic carbocycles. The third-order valence-electron chi connectivity index (χ3n) is 3.31. The highest BCUT2D eigenvalue weighted by atomic mass is 19.1. The Morgan fingerprint density at radius 2 is 2.24 bits per heavy atom. The fraction of sp³-hybridized carbons (Fsp3) is 0.429. The number of methoxy groups -OCH3 is 1.